The van der Waals surface area contributed by atoms with E-state index in [1.54, 1.807) is 13.2 Å². The van der Waals surface area contributed by atoms with Crippen LogP contribution in [-0.2, 0) is 4.79 Å². The summed E-state index contributed by atoms with van der Waals surface area (Å²) in [5.74, 6) is 1.22. The summed E-state index contributed by atoms with van der Waals surface area (Å²) in [6, 6.07) is 6.67. The number of nitrogens with two attached hydrogens (primary N) is 1. The number of nitrogens with zero attached hydrogens (tertiary/aromatic N) is 6. The summed E-state index contributed by atoms with van der Waals surface area (Å²) in [5, 5.41) is 5.65. The molecule has 0 spiro atoms. The third-order valence-corrected chi connectivity index (χ3v) is 6.84. The van der Waals surface area contributed by atoms with E-state index >= 15 is 0 Å². The molecule has 0 radical (unpaired) electrons. The number of hydrogen-bond acceptors (Lipinski definition) is 7. The van der Waals surface area contributed by atoms with Gasteiger partial charge in [-0.2, -0.15) is 5.10 Å². The zero-order valence-corrected chi connectivity index (χ0v) is 19.9. The molecule has 2 fully saturated rings. The first-order valence-electron chi connectivity index (χ1n) is 11.8. The van der Waals surface area contributed by atoms with Gasteiger partial charge in [-0.3, -0.25) is 9.69 Å². The van der Waals surface area contributed by atoms with Crippen LogP contribution in [0.5, 0.6) is 5.75 Å². The smallest absolute Gasteiger partial charge is 0.246 e. The maximum absolute atomic E-state index is 12.8. The number of methoxy groups -OCH3 is 1. The number of amides is 1. The van der Waals surface area contributed by atoms with Crippen LogP contribution in [0.15, 0.2) is 36.7 Å². The first-order valence-corrected chi connectivity index (χ1v) is 11.8. The number of carbonyl (C=O) groups is 1. The van der Waals surface area contributed by atoms with Crippen LogP contribution in [0.3, 0.4) is 0 Å². The molecule has 2 aliphatic rings. The number of fused-ring (bicyclic) bond motifs is 1. The third-order valence-electron chi connectivity index (χ3n) is 6.84. The maximum atomic E-state index is 12.8. The lowest BCUT2D eigenvalue weighted by atomic mass is 10.1. The second-order valence-corrected chi connectivity index (χ2v) is 9.23. The molecule has 1 atom stereocenters. The Morgan fingerprint density at radius 2 is 2.12 bits per heavy atom. The molecule has 1 saturated carbocycles. The molecule has 5 rings (SSSR count). The Morgan fingerprint density at radius 3 is 2.88 bits per heavy atom. The summed E-state index contributed by atoms with van der Waals surface area (Å²) in [7, 11) is 3.76. The molecular weight excluding hydrogens is 430 g/mol. The minimum atomic E-state index is 0.0179. The van der Waals surface area contributed by atoms with Gasteiger partial charge in [-0.25, -0.2) is 14.6 Å². The van der Waals surface area contributed by atoms with Crippen LogP contribution < -0.4 is 10.5 Å². The van der Waals surface area contributed by atoms with Crippen LogP contribution >= 0.6 is 0 Å². The van der Waals surface area contributed by atoms with Crippen molar-refractivity contribution < 1.29 is 9.53 Å². The van der Waals surface area contributed by atoms with Crippen molar-refractivity contribution in [1.82, 2.24) is 29.5 Å². The Kier molecular flexibility index (Phi) is 5.95. The number of hydrogen-bond donors (Lipinski definition) is 1. The lowest BCUT2D eigenvalue weighted by molar-refractivity contribution is -0.125. The molecule has 0 bridgehead atoms. The average Bonchev–Trinajstić information content (AvgIpc) is 3.44. The quantitative estimate of drug-likeness (QED) is 0.540. The molecule has 1 aliphatic carbocycles. The van der Waals surface area contributed by atoms with E-state index in [1.165, 1.54) is 19.2 Å². The second-order valence-electron chi connectivity index (χ2n) is 9.23. The summed E-state index contributed by atoms with van der Waals surface area (Å²) in [6.45, 7) is 4.07. The number of likely N-dealkylation sites (tertiary alicyclic amines) is 1. The van der Waals surface area contributed by atoms with Gasteiger partial charge in [0, 0.05) is 37.3 Å². The summed E-state index contributed by atoms with van der Waals surface area (Å²) >= 11 is 0. The number of ether oxygens (including phenoxy) is 1. The van der Waals surface area contributed by atoms with E-state index < -0.39 is 0 Å². The van der Waals surface area contributed by atoms with Crippen molar-refractivity contribution in [3.63, 3.8) is 0 Å². The molecule has 1 aliphatic heterocycles. The molecule has 3 aromatic rings. The Bertz CT molecular complexity index is 1250. The van der Waals surface area contributed by atoms with Gasteiger partial charge in [0.2, 0.25) is 5.91 Å². The van der Waals surface area contributed by atoms with Crippen LogP contribution in [0, 0.1) is 6.92 Å². The van der Waals surface area contributed by atoms with Crippen LogP contribution in [0.1, 0.15) is 30.9 Å². The molecule has 1 unspecified atom stereocenters. The normalized spacial score (nSPS) is 18.5. The number of rotatable bonds is 7. The average molecular weight is 462 g/mol. The van der Waals surface area contributed by atoms with Crippen molar-refractivity contribution in [3.05, 3.63) is 42.2 Å². The summed E-state index contributed by atoms with van der Waals surface area (Å²) in [5.41, 5.74) is 9.61. The third kappa shape index (κ3) is 4.23. The van der Waals surface area contributed by atoms with Gasteiger partial charge in [-0.1, -0.05) is 18.2 Å². The molecule has 9 nitrogen and oxygen atoms in total. The summed E-state index contributed by atoms with van der Waals surface area (Å²) in [4.78, 5) is 25.7. The van der Waals surface area contributed by atoms with Crippen molar-refractivity contribution in [1.29, 1.82) is 0 Å². The topological polar surface area (TPSA) is 102 Å². The molecule has 2 aromatic heterocycles. The van der Waals surface area contributed by atoms with Crippen LogP contribution in [0.2, 0.25) is 0 Å². The number of likely N-dealkylation sites (N-methyl/N-ethyl adjacent to an activating group) is 1. The van der Waals surface area contributed by atoms with Gasteiger partial charge < -0.3 is 15.4 Å². The maximum Gasteiger partial charge on any atom is 0.246 e. The molecule has 1 saturated heterocycles. The first-order chi connectivity index (χ1) is 16.5. The fraction of sp³-hybridized carbons (Fsp3) is 0.440. The van der Waals surface area contributed by atoms with Crippen LogP contribution in [-0.4, -0.2) is 75.3 Å². The molecule has 34 heavy (non-hydrogen) atoms. The van der Waals surface area contributed by atoms with Crippen LogP contribution in [0.25, 0.3) is 22.3 Å². The Labute approximate surface area is 199 Å². The van der Waals surface area contributed by atoms with Crippen molar-refractivity contribution >= 4 is 22.8 Å². The molecule has 1 aromatic carbocycles. The van der Waals surface area contributed by atoms with Crippen molar-refractivity contribution in [2.45, 2.75) is 38.3 Å². The first kappa shape index (κ1) is 22.3. The van der Waals surface area contributed by atoms with Gasteiger partial charge in [0.1, 0.15) is 23.6 Å². The van der Waals surface area contributed by atoms with E-state index in [0.29, 0.717) is 30.6 Å². The number of carbonyl (C=O) groups excluding carboxylic acids is 1. The van der Waals surface area contributed by atoms with Gasteiger partial charge in [-0.15, -0.1) is 0 Å². The van der Waals surface area contributed by atoms with E-state index in [1.807, 2.05) is 40.8 Å². The molecule has 1 amide bonds. The van der Waals surface area contributed by atoms with Crippen LogP contribution in [0.4, 0.5) is 5.82 Å². The van der Waals surface area contributed by atoms with Gasteiger partial charge in [-0.05, 0) is 44.9 Å². The number of benzene rings is 1. The SMILES string of the molecule is COc1cc(-c2nn(C3CCN(C(=O)C=CCN(C)C4CC4)C3)c3ncnc(N)c23)ccc1C. The van der Waals surface area contributed by atoms with Gasteiger partial charge in [0.05, 0.1) is 18.5 Å². The Hall–Kier alpha value is -3.46. The van der Waals surface area contributed by atoms with Crippen molar-refractivity contribution in [3.8, 4) is 17.0 Å². The molecule has 9 heteroatoms. The standard InChI is InChI=1S/C25H31N7O2/c1-16-6-7-17(13-20(16)34-3)23-22-24(26)27-15-28-25(22)32(29-23)19-10-12-31(14-19)21(33)5-4-11-30(2)18-8-9-18/h4-7,13,15,18-19H,8-12,14H2,1-3H3,(H2,26,27,28). The lowest BCUT2D eigenvalue weighted by Gasteiger charge is -2.16. The number of anilines is 1. The number of aryl methyl sites for hydroxylation is 1. The van der Waals surface area contributed by atoms with Crippen molar-refractivity contribution in [2.24, 2.45) is 0 Å². The minimum absolute atomic E-state index is 0.0179. The van der Waals surface area contributed by atoms with Gasteiger partial charge >= 0.3 is 0 Å². The number of aromatic nitrogens is 4. The van der Waals surface area contributed by atoms with Gasteiger partial charge in [0.15, 0.2) is 5.65 Å². The fourth-order valence-electron chi connectivity index (χ4n) is 4.65. The predicted octanol–water partition coefficient (Wildman–Crippen LogP) is 2.82. The van der Waals surface area contributed by atoms with E-state index in [-0.39, 0.29) is 11.9 Å². The predicted molar refractivity (Wildman–Crippen MR) is 131 cm³/mol. The second kappa shape index (κ2) is 9.06. The molecular formula is C25H31N7O2. The van der Waals surface area contributed by atoms with Crippen molar-refractivity contribution in [2.75, 3.05) is 39.5 Å². The monoisotopic (exact) mass is 461 g/mol. The molecule has 178 valence electrons. The highest BCUT2D eigenvalue weighted by molar-refractivity contribution is 5.98. The zero-order chi connectivity index (χ0) is 23.8. The summed E-state index contributed by atoms with van der Waals surface area (Å²) in [6.07, 6.45) is 8.46. The van der Waals surface area contributed by atoms with E-state index in [2.05, 4.69) is 21.9 Å². The van der Waals surface area contributed by atoms with E-state index in [4.69, 9.17) is 15.6 Å². The Morgan fingerprint density at radius 1 is 1.29 bits per heavy atom. The fourth-order valence-corrected chi connectivity index (χ4v) is 4.65. The van der Waals surface area contributed by atoms with Gasteiger partial charge in [0.25, 0.3) is 0 Å². The number of nitrogen functional groups attached to an aromatic ring is 1. The largest absolute Gasteiger partial charge is 0.496 e. The van der Waals surface area contributed by atoms with E-state index in [0.717, 1.165) is 40.9 Å². The molecule has 3 heterocycles. The van der Waals surface area contributed by atoms with E-state index in [9.17, 15) is 4.79 Å². The minimum Gasteiger partial charge on any atom is -0.496 e. The highest BCUT2D eigenvalue weighted by Gasteiger charge is 2.30. The summed E-state index contributed by atoms with van der Waals surface area (Å²) < 4.78 is 7.42. The highest BCUT2D eigenvalue weighted by atomic mass is 16.5. The Balaban J connectivity index is 1.39. The lowest BCUT2D eigenvalue weighted by Crippen LogP contribution is -2.28. The zero-order valence-electron chi connectivity index (χ0n) is 19.9. The highest BCUT2D eigenvalue weighted by Crippen LogP contribution is 2.35. The molecule has 2 N–H and O–H groups in total.